The molecule has 110 valence electrons. The number of halogens is 1. The fourth-order valence-electron chi connectivity index (χ4n) is 1.83. The Balaban J connectivity index is 2.34. The standard InChI is InChI=1S/C14H13FN2O3S/c1-10-11(5-6-20-10)9-17(2)21(18,19)13-3-4-14(15)12(7-13)8-16/h3-7H,9H2,1-2H3. The van der Waals surface area contributed by atoms with Crippen molar-refractivity contribution < 1.29 is 17.2 Å². The largest absolute Gasteiger partial charge is 0.469 e. The molecule has 5 nitrogen and oxygen atoms in total. The van der Waals surface area contributed by atoms with Crippen molar-refractivity contribution in [3.63, 3.8) is 0 Å². The maximum atomic E-state index is 13.3. The van der Waals surface area contributed by atoms with E-state index in [0.717, 1.165) is 28.1 Å². The summed E-state index contributed by atoms with van der Waals surface area (Å²) in [7, 11) is -2.39. The molecule has 0 atom stereocenters. The van der Waals surface area contributed by atoms with Gasteiger partial charge in [-0.2, -0.15) is 9.57 Å². The van der Waals surface area contributed by atoms with E-state index < -0.39 is 15.8 Å². The van der Waals surface area contributed by atoms with E-state index in [1.165, 1.54) is 13.3 Å². The van der Waals surface area contributed by atoms with E-state index in [0.29, 0.717) is 5.76 Å². The van der Waals surface area contributed by atoms with Crippen LogP contribution in [0.4, 0.5) is 4.39 Å². The molecule has 0 amide bonds. The predicted molar refractivity (Wildman–Crippen MR) is 73.2 cm³/mol. The van der Waals surface area contributed by atoms with Crippen molar-refractivity contribution in [1.29, 1.82) is 5.26 Å². The van der Waals surface area contributed by atoms with Crippen molar-refractivity contribution in [2.75, 3.05) is 7.05 Å². The molecule has 0 aliphatic carbocycles. The topological polar surface area (TPSA) is 74.3 Å². The van der Waals surface area contributed by atoms with Gasteiger partial charge in [-0.05, 0) is 31.2 Å². The Morgan fingerprint density at radius 2 is 2.10 bits per heavy atom. The summed E-state index contributed by atoms with van der Waals surface area (Å²) in [5.41, 5.74) is 0.438. The summed E-state index contributed by atoms with van der Waals surface area (Å²) in [6, 6.07) is 6.46. The van der Waals surface area contributed by atoms with Crippen LogP contribution >= 0.6 is 0 Å². The summed E-state index contributed by atoms with van der Waals surface area (Å²) in [6.07, 6.45) is 1.48. The van der Waals surface area contributed by atoms with Crippen LogP contribution in [0.1, 0.15) is 16.9 Å². The Morgan fingerprint density at radius 1 is 1.38 bits per heavy atom. The third kappa shape index (κ3) is 2.96. The van der Waals surface area contributed by atoms with Crippen LogP contribution in [0.5, 0.6) is 0 Å². The lowest BCUT2D eigenvalue weighted by Crippen LogP contribution is -2.26. The van der Waals surface area contributed by atoms with Crippen LogP contribution in [-0.4, -0.2) is 19.8 Å². The smallest absolute Gasteiger partial charge is 0.243 e. The zero-order valence-corrected chi connectivity index (χ0v) is 12.3. The van der Waals surface area contributed by atoms with Crippen LogP contribution in [0.2, 0.25) is 0 Å². The summed E-state index contributed by atoms with van der Waals surface area (Å²) in [6.45, 7) is 1.87. The Kier molecular flexibility index (Phi) is 4.11. The summed E-state index contributed by atoms with van der Waals surface area (Å²) in [4.78, 5) is -0.121. The van der Waals surface area contributed by atoms with Gasteiger partial charge >= 0.3 is 0 Å². The summed E-state index contributed by atoms with van der Waals surface area (Å²) in [5.74, 6) is -0.112. The molecule has 0 radical (unpaired) electrons. The van der Waals surface area contributed by atoms with Gasteiger partial charge in [0.25, 0.3) is 0 Å². The highest BCUT2D eigenvalue weighted by molar-refractivity contribution is 7.89. The van der Waals surface area contributed by atoms with E-state index >= 15 is 0 Å². The zero-order chi connectivity index (χ0) is 15.6. The van der Waals surface area contributed by atoms with Crippen LogP contribution in [0.15, 0.2) is 39.8 Å². The number of rotatable bonds is 4. The first-order chi connectivity index (χ1) is 9.86. The molecular formula is C14H13FN2O3S. The Bertz CT molecular complexity index is 806. The normalized spacial score (nSPS) is 11.6. The van der Waals surface area contributed by atoms with Crippen LogP contribution in [0.3, 0.4) is 0 Å². The number of hydrogen-bond donors (Lipinski definition) is 0. The molecule has 0 unspecified atom stereocenters. The van der Waals surface area contributed by atoms with E-state index in [1.54, 1.807) is 19.1 Å². The lowest BCUT2D eigenvalue weighted by atomic mass is 10.2. The van der Waals surface area contributed by atoms with Crippen molar-refractivity contribution in [1.82, 2.24) is 4.31 Å². The first-order valence-corrected chi connectivity index (χ1v) is 7.49. The maximum absolute atomic E-state index is 13.3. The molecular weight excluding hydrogens is 295 g/mol. The zero-order valence-electron chi connectivity index (χ0n) is 11.5. The minimum Gasteiger partial charge on any atom is -0.469 e. The van der Waals surface area contributed by atoms with Crippen LogP contribution in [0.25, 0.3) is 0 Å². The fourth-order valence-corrected chi connectivity index (χ4v) is 3.01. The molecule has 0 fully saturated rings. The number of sulfonamides is 1. The van der Waals surface area contributed by atoms with E-state index in [-0.39, 0.29) is 17.0 Å². The minimum atomic E-state index is -3.81. The molecule has 1 heterocycles. The molecule has 0 saturated heterocycles. The first kappa shape index (κ1) is 15.2. The highest BCUT2D eigenvalue weighted by Gasteiger charge is 2.23. The molecule has 1 aromatic heterocycles. The van der Waals surface area contributed by atoms with Gasteiger partial charge in [0.2, 0.25) is 10.0 Å². The number of benzene rings is 1. The van der Waals surface area contributed by atoms with E-state index in [9.17, 15) is 12.8 Å². The average Bonchev–Trinajstić information content (AvgIpc) is 2.84. The number of nitriles is 1. The number of nitrogens with zero attached hydrogens (tertiary/aromatic N) is 2. The van der Waals surface area contributed by atoms with Gasteiger partial charge in [-0.1, -0.05) is 0 Å². The second kappa shape index (κ2) is 5.68. The Morgan fingerprint density at radius 3 is 2.67 bits per heavy atom. The van der Waals surface area contributed by atoms with Crippen LogP contribution in [0, 0.1) is 24.1 Å². The fraction of sp³-hybridized carbons (Fsp3) is 0.214. The second-order valence-corrected chi connectivity index (χ2v) is 6.56. The molecule has 0 aliphatic rings. The van der Waals surface area contributed by atoms with Gasteiger partial charge in [-0.3, -0.25) is 0 Å². The van der Waals surface area contributed by atoms with Crippen molar-refractivity contribution in [2.24, 2.45) is 0 Å². The predicted octanol–water partition coefficient (Wildman–Crippen LogP) is 2.42. The second-order valence-electron chi connectivity index (χ2n) is 4.52. The van der Waals surface area contributed by atoms with Crippen LogP contribution < -0.4 is 0 Å². The molecule has 0 bridgehead atoms. The third-order valence-corrected chi connectivity index (χ3v) is 4.93. The van der Waals surface area contributed by atoms with Gasteiger partial charge < -0.3 is 4.42 Å². The summed E-state index contributed by atoms with van der Waals surface area (Å²) in [5, 5.41) is 8.78. The third-order valence-electron chi connectivity index (χ3n) is 3.13. The Hall–Kier alpha value is -2.17. The molecule has 2 aromatic rings. The molecule has 2 rings (SSSR count). The van der Waals surface area contributed by atoms with Crippen molar-refractivity contribution in [2.45, 2.75) is 18.4 Å². The highest BCUT2D eigenvalue weighted by atomic mass is 32.2. The van der Waals surface area contributed by atoms with Crippen molar-refractivity contribution >= 4 is 10.0 Å². The van der Waals surface area contributed by atoms with E-state index in [1.807, 2.05) is 0 Å². The molecule has 0 aliphatic heterocycles. The first-order valence-electron chi connectivity index (χ1n) is 6.05. The van der Waals surface area contributed by atoms with Crippen molar-refractivity contribution in [3.05, 3.63) is 53.2 Å². The summed E-state index contributed by atoms with van der Waals surface area (Å²) < 4.78 is 44.3. The monoisotopic (exact) mass is 308 g/mol. The van der Waals surface area contributed by atoms with Crippen LogP contribution in [-0.2, 0) is 16.6 Å². The van der Waals surface area contributed by atoms with Gasteiger partial charge in [0.05, 0.1) is 16.7 Å². The molecule has 0 saturated carbocycles. The number of hydrogen-bond acceptors (Lipinski definition) is 4. The van der Waals surface area contributed by atoms with Gasteiger partial charge in [0.1, 0.15) is 17.6 Å². The van der Waals surface area contributed by atoms with Gasteiger partial charge in [-0.25, -0.2) is 12.8 Å². The molecule has 1 aromatic carbocycles. The minimum absolute atomic E-state index is 0.121. The average molecular weight is 308 g/mol. The van der Waals surface area contributed by atoms with Gasteiger partial charge in [0.15, 0.2) is 0 Å². The van der Waals surface area contributed by atoms with E-state index in [2.05, 4.69) is 0 Å². The van der Waals surface area contributed by atoms with Crippen molar-refractivity contribution in [3.8, 4) is 6.07 Å². The lowest BCUT2D eigenvalue weighted by molar-refractivity contribution is 0.458. The maximum Gasteiger partial charge on any atom is 0.243 e. The molecule has 0 spiro atoms. The molecule has 0 N–H and O–H groups in total. The molecule has 21 heavy (non-hydrogen) atoms. The number of aryl methyl sites for hydroxylation is 1. The molecule has 7 heteroatoms. The summed E-state index contributed by atoms with van der Waals surface area (Å²) >= 11 is 0. The van der Waals surface area contributed by atoms with Gasteiger partial charge in [0, 0.05) is 19.2 Å². The number of furan rings is 1. The SMILES string of the molecule is Cc1occc1CN(C)S(=O)(=O)c1ccc(F)c(C#N)c1. The highest BCUT2D eigenvalue weighted by Crippen LogP contribution is 2.20. The van der Waals surface area contributed by atoms with E-state index in [4.69, 9.17) is 9.68 Å². The van der Waals surface area contributed by atoms with Gasteiger partial charge in [-0.15, -0.1) is 0 Å². The lowest BCUT2D eigenvalue weighted by Gasteiger charge is -2.17. The Labute approximate surface area is 122 Å². The quantitative estimate of drug-likeness (QED) is 0.869.